The number of para-hydroxylation sites is 1. The van der Waals surface area contributed by atoms with Gasteiger partial charge in [0, 0.05) is 56.9 Å². The molecule has 10 nitrogen and oxygen atoms in total. The first-order valence-corrected chi connectivity index (χ1v) is 15.5. The number of fused-ring (bicyclic) bond motifs is 1. The van der Waals surface area contributed by atoms with Crippen LogP contribution in [0.2, 0.25) is 0 Å². The average Bonchev–Trinajstić information content (AvgIpc) is 3.18. The van der Waals surface area contributed by atoms with E-state index in [1.54, 1.807) is 12.0 Å². The molecule has 43 heavy (non-hydrogen) atoms. The van der Waals surface area contributed by atoms with Crippen molar-refractivity contribution in [1.29, 1.82) is 0 Å². The zero-order valence-corrected chi connectivity index (χ0v) is 25.9. The highest BCUT2D eigenvalue weighted by Gasteiger charge is 2.35. The fraction of sp³-hybridized carbons (Fsp3) is 0.516. The van der Waals surface area contributed by atoms with Gasteiger partial charge in [-0.15, -0.1) is 0 Å². The Morgan fingerprint density at radius 2 is 1.65 bits per heavy atom. The highest BCUT2D eigenvalue weighted by molar-refractivity contribution is 6.41. The molecule has 5 rings (SSSR count). The Balaban J connectivity index is 1.23. The molecule has 2 saturated heterocycles. The van der Waals surface area contributed by atoms with E-state index in [0.717, 1.165) is 52.8 Å². The number of carbonyl (C=O) groups excluding carboxylic acids is 3. The van der Waals surface area contributed by atoms with Crippen molar-refractivity contribution in [2.45, 2.75) is 56.7 Å². The summed E-state index contributed by atoms with van der Waals surface area (Å²) in [7, 11) is 7.56. The van der Waals surface area contributed by atoms with Crippen molar-refractivity contribution < 1.29 is 23.9 Å². The summed E-state index contributed by atoms with van der Waals surface area (Å²) in [6.07, 6.45) is 2.75. The zero-order valence-electron chi connectivity index (χ0n) is 25.9. The van der Waals surface area contributed by atoms with Gasteiger partial charge in [-0.25, -0.2) is 9.59 Å². The number of piperidine rings is 2. The Bertz CT molecular complexity index is 1300. The van der Waals surface area contributed by atoms with Crippen LogP contribution in [0.5, 0.6) is 5.75 Å². The molecule has 0 bridgehead atoms. The molecular formula is C31H43B2N5O5. The minimum Gasteiger partial charge on any atom is -0.498 e. The van der Waals surface area contributed by atoms with Crippen LogP contribution >= 0.6 is 0 Å². The zero-order chi connectivity index (χ0) is 30.5. The van der Waals surface area contributed by atoms with Gasteiger partial charge in [0.15, 0.2) is 6.10 Å². The van der Waals surface area contributed by atoms with Crippen molar-refractivity contribution >= 4 is 50.3 Å². The second-order valence-corrected chi connectivity index (χ2v) is 12.0. The Labute approximate surface area is 256 Å². The number of carbonyl (C=O) groups is 3. The van der Waals surface area contributed by atoms with E-state index in [2.05, 4.69) is 10.6 Å². The number of anilines is 1. The Hall–Kier alpha value is -3.66. The summed E-state index contributed by atoms with van der Waals surface area (Å²) in [6.45, 7) is 2.84. The monoisotopic (exact) mass is 587 g/mol. The van der Waals surface area contributed by atoms with Gasteiger partial charge in [-0.05, 0) is 67.3 Å². The molecule has 0 aromatic heterocycles. The van der Waals surface area contributed by atoms with Crippen LogP contribution in [0.4, 0.5) is 15.3 Å². The maximum atomic E-state index is 13.8. The van der Waals surface area contributed by atoms with Gasteiger partial charge in [0.05, 0.1) is 7.11 Å². The molecule has 4 amide bonds. The molecule has 3 heterocycles. The molecule has 228 valence electrons. The van der Waals surface area contributed by atoms with E-state index in [9.17, 15) is 14.4 Å². The lowest BCUT2D eigenvalue weighted by molar-refractivity contribution is -0.142. The normalized spacial score (nSPS) is 18.8. The summed E-state index contributed by atoms with van der Waals surface area (Å²) in [5, 5.41) is 6.34. The summed E-state index contributed by atoms with van der Waals surface area (Å²) >= 11 is 0. The van der Waals surface area contributed by atoms with Gasteiger partial charge in [-0.1, -0.05) is 30.3 Å². The quantitative estimate of drug-likeness (QED) is 0.444. The second kappa shape index (κ2) is 13.8. The number of methoxy groups -OCH3 is 1. The molecule has 2 aromatic carbocycles. The van der Waals surface area contributed by atoms with Crippen molar-refractivity contribution in [3.63, 3.8) is 0 Å². The molecule has 0 radical (unpaired) electrons. The van der Waals surface area contributed by atoms with Gasteiger partial charge >= 0.3 is 12.1 Å². The number of benzene rings is 2. The summed E-state index contributed by atoms with van der Waals surface area (Å²) in [5.41, 5.74) is 4.88. The Morgan fingerprint density at radius 3 is 2.30 bits per heavy atom. The number of hydrogen-bond donors (Lipinski definition) is 2. The lowest BCUT2D eigenvalue weighted by atomic mass is 9.83. The van der Waals surface area contributed by atoms with Crippen molar-refractivity contribution in [2.24, 2.45) is 0 Å². The van der Waals surface area contributed by atoms with Crippen molar-refractivity contribution in [2.75, 3.05) is 52.2 Å². The largest absolute Gasteiger partial charge is 0.498 e. The predicted molar refractivity (Wildman–Crippen MR) is 172 cm³/mol. The maximum Gasteiger partial charge on any atom is 0.410 e. The molecule has 1 atom stereocenters. The second-order valence-electron chi connectivity index (χ2n) is 12.0. The van der Waals surface area contributed by atoms with Crippen LogP contribution in [0.15, 0.2) is 36.4 Å². The molecule has 0 saturated carbocycles. The Kier molecular flexibility index (Phi) is 9.85. The predicted octanol–water partition coefficient (Wildman–Crippen LogP) is 0.0247. The first-order chi connectivity index (χ1) is 20.8. The van der Waals surface area contributed by atoms with Crippen LogP contribution in [-0.4, -0.2) is 113 Å². The van der Waals surface area contributed by atoms with Gasteiger partial charge in [0.1, 0.15) is 21.4 Å². The van der Waals surface area contributed by atoms with E-state index < -0.39 is 12.2 Å². The first kappa shape index (κ1) is 30.8. The lowest BCUT2D eigenvalue weighted by Gasteiger charge is -2.38. The molecule has 0 spiro atoms. The summed E-state index contributed by atoms with van der Waals surface area (Å²) in [5.74, 6) is 0.673. The van der Waals surface area contributed by atoms with E-state index in [4.69, 9.17) is 9.47 Å². The number of ether oxygens (including phenoxy) is 2. The maximum absolute atomic E-state index is 13.8. The van der Waals surface area contributed by atoms with E-state index in [-0.39, 0.29) is 18.0 Å². The third-order valence-corrected chi connectivity index (χ3v) is 9.18. The van der Waals surface area contributed by atoms with Gasteiger partial charge < -0.3 is 34.8 Å². The fourth-order valence-corrected chi connectivity index (χ4v) is 6.76. The fourth-order valence-electron chi connectivity index (χ4n) is 6.76. The topological polar surface area (TPSA) is 103 Å². The average molecular weight is 587 g/mol. The standard InChI is InChI=1S/C31H43B2N5O5/c1-34-22-8-12-36(13-9-22)29(39)27(19-20-17-24(32)28(42-2)25(33)18-20)43-31(41)37-14-10-23(11-15-37)38-16-7-21-5-3-4-6-26(21)35-30(38)40/h3-6,17-18,22-23,27,34H,7-16,19,32-33H2,1-2H3,(H,35,40)/t27-/m1/s1. The molecule has 0 aliphatic carbocycles. The third-order valence-electron chi connectivity index (χ3n) is 9.18. The highest BCUT2D eigenvalue weighted by Crippen LogP contribution is 2.25. The highest BCUT2D eigenvalue weighted by atomic mass is 16.6. The minimum atomic E-state index is -0.918. The van der Waals surface area contributed by atoms with Crippen molar-refractivity contribution in [3.8, 4) is 5.75 Å². The summed E-state index contributed by atoms with van der Waals surface area (Å²) in [4.78, 5) is 45.7. The van der Waals surface area contributed by atoms with Crippen LogP contribution in [0.25, 0.3) is 0 Å². The molecule has 3 aliphatic rings. The van der Waals surface area contributed by atoms with Crippen LogP contribution in [0, 0.1) is 0 Å². The smallest absolute Gasteiger partial charge is 0.410 e. The van der Waals surface area contributed by atoms with Crippen molar-refractivity contribution in [3.05, 3.63) is 47.5 Å². The molecule has 12 heteroatoms. The van der Waals surface area contributed by atoms with E-state index in [1.807, 2.05) is 68.9 Å². The summed E-state index contributed by atoms with van der Waals surface area (Å²) < 4.78 is 11.5. The first-order valence-electron chi connectivity index (χ1n) is 15.5. The molecule has 2 N–H and O–H groups in total. The van der Waals surface area contributed by atoms with Crippen LogP contribution in [-0.2, 0) is 22.4 Å². The van der Waals surface area contributed by atoms with Gasteiger partial charge in [-0.3, -0.25) is 4.79 Å². The number of hydrogen-bond acceptors (Lipinski definition) is 6. The number of likely N-dealkylation sites (tertiary alicyclic amines) is 2. The van der Waals surface area contributed by atoms with Crippen LogP contribution in [0.3, 0.4) is 0 Å². The molecule has 3 aliphatic heterocycles. The lowest BCUT2D eigenvalue weighted by Crippen LogP contribution is -2.52. The minimum absolute atomic E-state index is 0.0366. The van der Waals surface area contributed by atoms with Crippen LogP contribution < -0.4 is 26.3 Å². The molecule has 0 unspecified atom stereocenters. The van der Waals surface area contributed by atoms with Crippen LogP contribution in [0.1, 0.15) is 36.8 Å². The number of nitrogens with one attached hydrogen (secondary N) is 2. The number of nitrogens with zero attached hydrogens (tertiary/aromatic N) is 3. The van der Waals surface area contributed by atoms with Gasteiger partial charge in [0.25, 0.3) is 5.91 Å². The summed E-state index contributed by atoms with van der Waals surface area (Å²) in [6, 6.07) is 12.2. The number of amides is 4. The third kappa shape index (κ3) is 7.12. The molecular weight excluding hydrogens is 544 g/mol. The van der Waals surface area contributed by atoms with E-state index in [1.165, 1.54) is 0 Å². The molecule has 2 fully saturated rings. The molecule has 2 aromatic rings. The van der Waals surface area contributed by atoms with E-state index in [0.29, 0.717) is 58.0 Å². The van der Waals surface area contributed by atoms with E-state index >= 15 is 0 Å². The van der Waals surface area contributed by atoms with Gasteiger partial charge in [0.2, 0.25) is 0 Å². The Morgan fingerprint density at radius 1 is 1.00 bits per heavy atom. The van der Waals surface area contributed by atoms with Gasteiger partial charge in [-0.2, -0.15) is 0 Å². The SMILES string of the molecule is Bc1cc(C[C@@H](OC(=O)N2CCC(N3CCc4ccccc4NC3=O)CC2)C(=O)N2CCC(NC)CC2)cc(B)c1OC. The van der Waals surface area contributed by atoms with Crippen molar-refractivity contribution in [1.82, 2.24) is 20.0 Å². The number of rotatable bonds is 7. The number of urea groups is 1.